The molecule has 0 aromatic rings. The van der Waals surface area contributed by atoms with Crippen LogP contribution in [-0.2, 0) is 9.59 Å². The fourth-order valence-electron chi connectivity index (χ4n) is 1.24. The van der Waals surface area contributed by atoms with Gasteiger partial charge in [0.2, 0.25) is 0 Å². The minimum atomic E-state index is -1.55. The molecule has 0 aliphatic heterocycles. The minimum absolute atomic E-state index is 0.109. The predicted molar refractivity (Wildman–Crippen MR) is 42.2 cm³/mol. The van der Waals surface area contributed by atoms with Crippen molar-refractivity contribution in [2.24, 2.45) is 11.8 Å². The summed E-state index contributed by atoms with van der Waals surface area (Å²) < 4.78 is 0. The molecule has 76 valence electrons. The van der Waals surface area contributed by atoms with Gasteiger partial charge >= 0.3 is 0 Å². The van der Waals surface area contributed by atoms with Crippen LogP contribution in [0.3, 0.4) is 0 Å². The smallest absolute Gasteiger partial charge is 0.0501 e. The number of carboxylic acids is 2. The molecule has 0 saturated carbocycles. The Morgan fingerprint density at radius 3 is 1.69 bits per heavy atom. The van der Waals surface area contributed by atoms with E-state index in [9.17, 15) is 19.8 Å². The zero-order valence-corrected chi connectivity index (χ0v) is 7.91. The lowest BCUT2D eigenvalue weighted by atomic mass is 9.91. The molecular weight excluding hydrogens is 172 g/mol. The van der Waals surface area contributed by atoms with Gasteiger partial charge in [0.15, 0.2) is 0 Å². The average molecular weight is 186 g/mol. The van der Waals surface area contributed by atoms with Gasteiger partial charge in [0.25, 0.3) is 0 Å². The van der Waals surface area contributed by atoms with Crippen molar-refractivity contribution in [3.05, 3.63) is 0 Å². The van der Waals surface area contributed by atoms with E-state index in [0.717, 1.165) is 12.8 Å². The van der Waals surface area contributed by atoms with Crippen molar-refractivity contribution in [1.29, 1.82) is 0 Å². The van der Waals surface area contributed by atoms with E-state index in [1.807, 2.05) is 13.8 Å². The molecule has 0 N–H and O–H groups in total. The Kier molecular flexibility index (Phi) is 5.11. The minimum Gasteiger partial charge on any atom is -0.549 e. The number of rotatable bonds is 6. The highest BCUT2D eigenvalue weighted by Gasteiger charge is 2.15. The Labute approximate surface area is 77.6 Å². The van der Waals surface area contributed by atoms with Crippen molar-refractivity contribution in [3.8, 4) is 0 Å². The van der Waals surface area contributed by atoms with E-state index in [2.05, 4.69) is 0 Å². The summed E-state index contributed by atoms with van der Waals surface area (Å²) in [6.07, 6.45) is 1.65. The molecular formula is C9H14O4-2. The Bertz CT molecular complexity index is 170. The van der Waals surface area contributed by atoms with Crippen LogP contribution >= 0.6 is 0 Å². The van der Waals surface area contributed by atoms with E-state index in [0.29, 0.717) is 0 Å². The number of hydrogen-bond donors (Lipinski definition) is 0. The number of carbonyl (C=O) groups is 2. The predicted octanol–water partition coefficient (Wildman–Crippen LogP) is -1.07. The molecule has 0 radical (unpaired) electrons. The number of hydrogen-bond acceptors (Lipinski definition) is 4. The monoisotopic (exact) mass is 186 g/mol. The third-order valence-electron chi connectivity index (χ3n) is 2.29. The van der Waals surface area contributed by atoms with Gasteiger partial charge in [-0.15, -0.1) is 0 Å². The van der Waals surface area contributed by atoms with Crippen LogP contribution in [0.1, 0.15) is 33.1 Å². The molecule has 0 aromatic heterocycles. The summed E-state index contributed by atoms with van der Waals surface area (Å²) in [7, 11) is 0. The zero-order valence-electron chi connectivity index (χ0n) is 7.91. The SMILES string of the molecule is CCC(CC)CC(C(=O)[O-])C(=O)[O-]. The molecule has 0 aromatic carbocycles. The van der Waals surface area contributed by atoms with Crippen molar-refractivity contribution >= 4 is 11.9 Å². The Morgan fingerprint density at radius 2 is 1.46 bits per heavy atom. The fourth-order valence-corrected chi connectivity index (χ4v) is 1.24. The van der Waals surface area contributed by atoms with Crippen LogP contribution in [0, 0.1) is 11.8 Å². The number of aliphatic carboxylic acids is 2. The normalized spacial score (nSPS) is 10.8. The van der Waals surface area contributed by atoms with Crippen LogP contribution in [0.4, 0.5) is 0 Å². The molecule has 0 unspecified atom stereocenters. The van der Waals surface area contributed by atoms with Crippen molar-refractivity contribution in [3.63, 3.8) is 0 Å². The molecule has 4 heteroatoms. The molecule has 0 spiro atoms. The summed E-state index contributed by atoms with van der Waals surface area (Å²) in [5.41, 5.74) is 0. The first-order chi connectivity index (χ1) is 6.02. The van der Waals surface area contributed by atoms with E-state index in [-0.39, 0.29) is 12.3 Å². The summed E-state index contributed by atoms with van der Waals surface area (Å²) >= 11 is 0. The van der Waals surface area contributed by atoms with Gasteiger partial charge in [-0.05, 0) is 12.3 Å². The van der Waals surface area contributed by atoms with Crippen LogP contribution < -0.4 is 10.2 Å². The molecule has 0 aliphatic rings. The van der Waals surface area contributed by atoms with E-state index in [1.165, 1.54) is 0 Å². The second-order valence-electron chi connectivity index (χ2n) is 3.11. The highest BCUT2D eigenvalue weighted by Crippen LogP contribution is 2.18. The van der Waals surface area contributed by atoms with Crippen LogP contribution in [0.15, 0.2) is 0 Å². The third kappa shape index (κ3) is 3.92. The summed E-state index contributed by atoms with van der Waals surface area (Å²) in [6.45, 7) is 3.80. The number of carboxylic acid groups (broad SMARTS) is 2. The summed E-state index contributed by atoms with van der Waals surface area (Å²) in [6, 6.07) is 0. The fraction of sp³-hybridized carbons (Fsp3) is 0.778. The first kappa shape index (κ1) is 11.9. The van der Waals surface area contributed by atoms with Gasteiger partial charge in [0.1, 0.15) is 0 Å². The maximum Gasteiger partial charge on any atom is 0.0501 e. The lowest BCUT2D eigenvalue weighted by Crippen LogP contribution is -2.44. The van der Waals surface area contributed by atoms with E-state index in [4.69, 9.17) is 0 Å². The van der Waals surface area contributed by atoms with Gasteiger partial charge < -0.3 is 19.8 Å². The van der Waals surface area contributed by atoms with Crippen molar-refractivity contribution in [2.45, 2.75) is 33.1 Å². The molecule has 4 nitrogen and oxygen atoms in total. The lowest BCUT2D eigenvalue weighted by Gasteiger charge is -2.23. The molecule has 0 rings (SSSR count). The lowest BCUT2D eigenvalue weighted by molar-refractivity contribution is -0.332. The van der Waals surface area contributed by atoms with Gasteiger partial charge in [-0.2, -0.15) is 0 Å². The van der Waals surface area contributed by atoms with Gasteiger partial charge in [0, 0.05) is 5.92 Å². The first-order valence-corrected chi connectivity index (χ1v) is 4.44. The van der Waals surface area contributed by atoms with Gasteiger partial charge in [-0.25, -0.2) is 0 Å². The highest BCUT2D eigenvalue weighted by atomic mass is 16.4. The molecule has 0 amide bonds. The quantitative estimate of drug-likeness (QED) is 0.494. The van der Waals surface area contributed by atoms with Crippen molar-refractivity contribution < 1.29 is 19.8 Å². The first-order valence-electron chi connectivity index (χ1n) is 4.44. The topological polar surface area (TPSA) is 80.3 Å². The molecule has 0 saturated heterocycles. The van der Waals surface area contributed by atoms with Gasteiger partial charge in [0.05, 0.1) is 11.9 Å². The van der Waals surface area contributed by atoms with Crippen molar-refractivity contribution in [1.82, 2.24) is 0 Å². The van der Waals surface area contributed by atoms with Crippen LogP contribution in [0.25, 0.3) is 0 Å². The van der Waals surface area contributed by atoms with Crippen LogP contribution in [-0.4, -0.2) is 11.9 Å². The molecule has 0 aliphatic carbocycles. The molecule has 0 atom stereocenters. The summed E-state index contributed by atoms with van der Waals surface area (Å²) in [5, 5.41) is 20.8. The van der Waals surface area contributed by atoms with E-state index < -0.39 is 17.9 Å². The molecule has 13 heavy (non-hydrogen) atoms. The van der Waals surface area contributed by atoms with E-state index >= 15 is 0 Å². The van der Waals surface area contributed by atoms with Crippen molar-refractivity contribution in [2.75, 3.05) is 0 Å². The Hall–Kier alpha value is -1.06. The summed E-state index contributed by atoms with van der Waals surface area (Å²) in [5.74, 6) is -4.45. The Balaban J connectivity index is 4.24. The van der Waals surface area contributed by atoms with Gasteiger partial charge in [-0.1, -0.05) is 26.7 Å². The molecule has 0 fully saturated rings. The maximum atomic E-state index is 10.4. The standard InChI is InChI=1S/C9H16O4/c1-3-6(4-2)5-7(8(10)11)9(12)13/h6-7H,3-5H2,1-2H3,(H,10,11)(H,12,13)/p-2. The maximum absolute atomic E-state index is 10.4. The van der Waals surface area contributed by atoms with Crippen LogP contribution in [0.5, 0.6) is 0 Å². The van der Waals surface area contributed by atoms with Gasteiger partial charge in [-0.3, -0.25) is 0 Å². The highest BCUT2D eigenvalue weighted by molar-refractivity contribution is 5.90. The number of carbonyl (C=O) groups excluding carboxylic acids is 2. The third-order valence-corrected chi connectivity index (χ3v) is 2.29. The van der Waals surface area contributed by atoms with E-state index in [1.54, 1.807) is 0 Å². The molecule has 0 bridgehead atoms. The average Bonchev–Trinajstić information content (AvgIpc) is 2.05. The second-order valence-corrected chi connectivity index (χ2v) is 3.11. The zero-order chi connectivity index (χ0) is 10.4. The van der Waals surface area contributed by atoms with Crippen LogP contribution in [0.2, 0.25) is 0 Å². The second kappa shape index (κ2) is 5.56. The summed E-state index contributed by atoms with van der Waals surface area (Å²) in [4.78, 5) is 20.8. The largest absolute Gasteiger partial charge is 0.549 e. The molecule has 0 heterocycles. The Morgan fingerprint density at radius 1 is 1.08 bits per heavy atom.